The van der Waals surface area contributed by atoms with Gasteiger partial charge in [-0.05, 0) is 12.1 Å². The van der Waals surface area contributed by atoms with Gasteiger partial charge in [0, 0.05) is 13.2 Å². The van der Waals surface area contributed by atoms with Crippen LogP contribution in [0.15, 0.2) is 18.3 Å². The Balaban J connectivity index is 3.04. The number of amides is 1. The average molecular weight is 234 g/mol. The lowest BCUT2D eigenvalue weighted by Gasteiger charge is -2.13. The van der Waals surface area contributed by atoms with Gasteiger partial charge in [-0.2, -0.15) is 13.2 Å². The molecule has 0 aromatic carbocycles. The molecule has 0 N–H and O–H groups in total. The van der Waals surface area contributed by atoms with Crippen LogP contribution in [0.4, 0.5) is 13.2 Å². The molecule has 0 aliphatic rings. The van der Waals surface area contributed by atoms with Gasteiger partial charge in [-0.25, -0.2) is 5.06 Å². The molecule has 7 heteroatoms. The first-order valence-corrected chi connectivity index (χ1v) is 4.21. The summed E-state index contributed by atoms with van der Waals surface area (Å²) in [4.78, 5) is 19.5. The van der Waals surface area contributed by atoms with E-state index in [1.54, 1.807) is 0 Å². The molecule has 1 heterocycles. The number of nitrogens with zero attached hydrogens (tertiary/aromatic N) is 2. The maximum Gasteiger partial charge on any atom is 0.416 e. The number of carbonyl (C=O) groups excluding carboxylic acids is 1. The van der Waals surface area contributed by atoms with Gasteiger partial charge in [-0.1, -0.05) is 0 Å². The molecular formula is C9H9F3N2O2. The van der Waals surface area contributed by atoms with Gasteiger partial charge in [0.25, 0.3) is 5.91 Å². The molecule has 0 bridgehead atoms. The Labute approximate surface area is 89.6 Å². The lowest BCUT2D eigenvalue weighted by atomic mass is 10.2. The molecule has 0 aliphatic carbocycles. The van der Waals surface area contributed by atoms with Crippen molar-refractivity contribution < 1.29 is 22.8 Å². The van der Waals surface area contributed by atoms with Gasteiger partial charge >= 0.3 is 6.18 Å². The van der Waals surface area contributed by atoms with Crippen LogP contribution in [0.3, 0.4) is 0 Å². The lowest BCUT2D eigenvalue weighted by Crippen LogP contribution is -2.26. The van der Waals surface area contributed by atoms with Gasteiger partial charge in [0.05, 0.1) is 12.7 Å². The van der Waals surface area contributed by atoms with Gasteiger partial charge in [0.15, 0.2) is 0 Å². The Morgan fingerprint density at radius 3 is 2.62 bits per heavy atom. The van der Waals surface area contributed by atoms with Crippen LogP contribution in [0, 0.1) is 0 Å². The molecule has 1 amide bonds. The molecule has 1 aromatic heterocycles. The molecule has 0 unspecified atom stereocenters. The second-order valence-corrected chi connectivity index (χ2v) is 2.91. The van der Waals surface area contributed by atoms with Crippen LogP contribution in [0.25, 0.3) is 0 Å². The molecule has 1 rings (SSSR count). The second kappa shape index (κ2) is 4.48. The minimum absolute atomic E-state index is 0.320. The zero-order chi connectivity index (χ0) is 12.3. The first-order chi connectivity index (χ1) is 7.36. The van der Waals surface area contributed by atoms with Crippen LogP contribution in [-0.4, -0.2) is 30.1 Å². The highest BCUT2D eigenvalue weighted by molar-refractivity contribution is 5.91. The minimum atomic E-state index is -4.50. The number of carbonyl (C=O) groups is 1. The van der Waals surface area contributed by atoms with E-state index in [1.165, 1.54) is 14.2 Å². The van der Waals surface area contributed by atoms with Crippen LogP contribution in [0.5, 0.6) is 0 Å². The fraction of sp³-hybridized carbons (Fsp3) is 0.333. The Bertz CT molecular complexity index is 393. The van der Waals surface area contributed by atoms with Crippen molar-refractivity contribution in [2.24, 2.45) is 0 Å². The van der Waals surface area contributed by atoms with Crippen LogP contribution in [0.2, 0.25) is 0 Å². The molecule has 0 atom stereocenters. The highest BCUT2D eigenvalue weighted by Gasteiger charge is 2.31. The Hall–Kier alpha value is -1.63. The summed E-state index contributed by atoms with van der Waals surface area (Å²) in [6.07, 6.45) is -3.57. The van der Waals surface area contributed by atoms with Gasteiger partial charge in [0.1, 0.15) is 5.69 Å². The Kier molecular flexibility index (Phi) is 3.48. The van der Waals surface area contributed by atoms with Crippen molar-refractivity contribution in [3.8, 4) is 0 Å². The summed E-state index contributed by atoms with van der Waals surface area (Å²) in [5.41, 5.74) is -1.24. The molecular weight excluding hydrogens is 225 g/mol. The summed E-state index contributed by atoms with van der Waals surface area (Å²) in [6.45, 7) is 0. The number of halogens is 3. The van der Waals surface area contributed by atoms with E-state index in [0.29, 0.717) is 6.07 Å². The number of hydrogen-bond donors (Lipinski definition) is 0. The predicted octanol–water partition coefficient (Wildman–Crippen LogP) is 1.73. The molecule has 0 fully saturated rings. The first-order valence-electron chi connectivity index (χ1n) is 4.21. The van der Waals surface area contributed by atoms with E-state index in [9.17, 15) is 18.0 Å². The second-order valence-electron chi connectivity index (χ2n) is 2.91. The monoisotopic (exact) mass is 234 g/mol. The number of aromatic nitrogens is 1. The number of pyridine rings is 1. The first kappa shape index (κ1) is 12.4. The van der Waals surface area contributed by atoms with E-state index in [-0.39, 0.29) is 5.69 Å². The molecule has 0 spiro atoms. The molecule has 0 saturated carbocycles. The average Bonchev–Trinajstić information content (AvgIpc) is 2.26. The van der Waals surface area contributed by atoms with Crippen molar-refractivity contribution >= 4 is 5.91 Å². The van der Waals surface area contributed by atoms with E-state index >= 15 is 0 Å². The molecule has 88 valence electrons. The third kappa shape index (κ3) is 2.69. The summed E-state index contributed by atoms with van der Waals surface area (Å²) < 4.78 is 37.0. The SMILES string of the molecule is CON(C)C(=O)c1cc(C(F)(F)F)ccn1. The van der Waals surface area contributed by atoms with Gasteiger partial charge < -0.3 is 0 Å². The number of alkyl halides is 3. The molecule has 0 saturated heterocycles. The van der Waals surface area contributed by atoms with Gasteiger partial charge in [-0.15, -0.1) is 0 Å². The topological polar surface area (TPSA) is 42.4 Å². The maximum atomic E-state index is 12.3. The summed E-state index contributed by atoms with van der Waals surface area (Å²) in [6, 6.07) is 1.47. The van der Waals surface area contributed by atoms with Crippen molar-refractivity contribution in [3.05, 3.63) is 29.6 Å². The Morgan fingerprint density at radius 2 is 2.12 bits per heavy atom. The fourth-order valence-electron chi connectivity index (χ4n) is 0.968. The van der Waals surface area contributed by atoms with Crippen molar-refractivity contribution in [2.75, 3.05) is 14.2 Å². The molecule has 16 heavy (non-hydrogen) atoms. The van der Waals surface area contributed by atoms with Crippen LogP contribution in [0.1, 0.15) is 16.1 Å². The van der Waals surface area contributed by atoms with E-state index in [4.69, 9.17) is 0 Å². The Morgan fingerprint density at radius 1 is 1.50 bits per heavy atom. The summed E-state index contributed by atoms with van der Waals surface area (Å²) in [5, 5.41) is 0.794. The van der Waals surface area contributed by atoms with E-state index in [2.05, 4.69) is 9.82 Å². The van der Waals surface area contributed by atoms with E-state index in [1.807, 2.05) is 0 Å². The minimum Gasteiger partial charge on any atom is -0.274 e. The highest BCUT2D eigenvalue weighted by atomic mass is 19.4. The lowest BCUT2D eigenvalue weighted by molar-refractivity contribution is -0.137. The molecule has 4 nitrogen and oxygen atoms in total. The molecule has 1 aromatic rings. The van der Waals surface area contributed by atoms with Crippen LogP contribution >= 0.6 is 0 Å². The maximum absolute atomic E-state index is 12.3. The van der Waals surface area contributed by atoms with Gasteiger partial charge in [-0.3, -0.25) is 14.6 Å². The quantitative estimate of drug-likeness (QED) is 0.732. The summed E-state index contributed by atoms with van der Waals surface area (Å²) >= 11 is 0. The number of rotatable bonds is 2. The zero-order valence-electron chi connectivity index (χ0n) is 8.58. The predicted molar refractivity (Wildman–Crippen MR) is 48.3 cm³/mol. The normalized spacial score (nSPS) is 11.3. The van der Waals surface area contributed by atoms with Crippen LogP contribution in [-0.2, 0) is 11.0 Å². The summed E-state index contributed by atoms with van der Waals surface area (Å²) in [7, 11) is 2.51. The largest absolute Gasteiger partial charge is 0.416 e. The van der Waals surface area contributed by atoms with Crippen molar-refractivity contribution in [1.82, 2.24) is 10.0 Å². The van der Waals surface area contributed by atoms with Crippen molar-refractivity contribution in [2.45, 2.75) is 6.18 Å². The van der Waals surface area contributed by atoms with Crippen molar-refractivity contribution in [1.29, 1.82) is 0 Å². The van der Waals surface area contributed by atoms with Gasteiger partial charge in [0.2, 0.25) is 0 Å². The number of hydroxylamine groups is 2. The fourth-order valence-corrected chi connectivity index (χ4v) is 0.968. The van der Waals surface area contributed by atoms with Crippen molar-refractivity contribution in [3.63, 3.8) is 0 Å². The zero-order valence-corrected chi connectivity index (χ0v) is 8.58. The smallest absolute Gasteiger partial charge is 0.274 e. The number of hydrogen-bond acceptors (Lipinski definition) is 3. The third-order valence-corrected chi connectivity index (χ3v) is 1.87. The molecule has 0 radical (unpaired) electrons. The van der Waals surface area contributed by atoms with Crippen LogP contribution < -0.4 is 0 Å². The summed E-state index contributed by atoms with van der Waals surface area (Å²) in [5.74, 6) is -0.742. The van der Waals surface area contributed by atoms with E-state index in [0.717, 1.165) is 17.3 Å². The molecule has 0 aliphatic heterocycles. The third-order valence-electron chi connectivity index (χ3n) is 1.87. The highest BCUT2D eigenvalue weighted by Crippen LogP contribution is 2.29. The van der Waals surface area contributed by atoms with E-state index < -0.39 is 17.6 Å². The standard InChI is InChI=1S/C9H9F3N2O2/c1-14(16-2)8(15)7-5-6(3-4-13-7)9(10,11)12/h3-5H,1-2H3.